The Morgan fingerprint density at radius 1 is 1.41 bits per heavy atom. The molecule has 0 amide bonds. The second-order valence-corrected chi connectivity index (χ2v) is 5.33. The second-order valence-electron chi connectivity index (χ2n) is 3.82. The van der Waals surface area contributed by atoms with Gasteiger partial charge in [-0.15, -0.1) is 0 Å². The molecule has 7 nitrogen and oxygen atoms in total. The maximum absolute atomic E-state index is 11.1. The highest BCUT2D eigenvalue weighted by atomic mass is 32.2. The number of aryl methyl sites for hydroxylation is 2. The van der Waals surface area contributed by atoms with Crippen LogP contribution >= 0.6 is 0 Å². The summed E-state index contributed by atoms with van der Waals surface area (Å²) in [6.07, 6.45) is 5.00. The summed E-state index contributed by atoms with van der Waals surface area (Å²) < 4.78 is 25.7. The molecule has 0 radical (unpaired) electrons. The molecule has 92 valence electrons. The van der Waals surface area contributed by atoms with Crippen LogP contribution in [0.2, 0.25) is 0 Å². The summed E-state index contributed by atoms with van der Waals surface area (Å²) in [5.41, 5.74) is 0.967. The van der Waals surface area contributed by atoms with E-state index in [1.165, 1.54) is 6.20 Å². The molecule has 0 aliphatic carbocycles. The topological polar surface area (TPSA) is 95.8 Å². The number of sulfonamides is 1. The Labute approximate surface area is 98.9 Å². The fraction of sp³-hybridized carbons (Fsp3) is 0.333. The first-order chi connectivity index (χ1) is 7.86. The van der Waals surface area contributed by atoms with Crippen LogP contribution in [0.5, 0.6) is 0 Å². The molecule has 0 bridgehead atoms. The summed E-state index contributed by atoms with van der Waals surface area (Å²) in [4.78, 5) is 3.91. The molecule has 2 heterocycles. The van der Waals surface area contributed by atoms with Crippen LogP contribution in [-0.2, 0) is 23.6 Å². The van der Waals surface area contributed by atoms with Crippen LogP contribution in [0, 0.1) is 6.92 Å². The van der Waals surface area contributed by atoms with E-state index < -0.39 is 10.0 Å². The number of imidazole rings is 1. The summed E-state index contributed by atoms with van der Waals surface area (Å²) in [5.74, 6) is 0.595. The van der Waals surface area contributed by atoms with Crippen molar-refractivity contribution in [2.75, 3.05) is 0 Å². The van der Waals surface area contributed by atoms with Gasteiger partial charge < -0.3 is 4.57 Å². The van der Waals surface area contributed by atoms with E-state index in [9.17, 15) is 8.42 Å². The van der Waals surface area contributed by atoms with Crippen LogP contribution in [0.3, 0.4) is 0 Å². The first kappa shape index (κ1) is 11.8. The lowest BCUT2D eigenvalue weighted by Crippen LogP contribution is -2.12. The van der Waals surface area contributed by atoms with Crippen molar-refractivity contribution in [3.8, 4) is 0 Å². The molecule has 2 N–H and O–H groups in total. The molecule has 0 fully saturated rings. The lowest BCUT2D eigenvalue weighted by Gasteiger charge is -2.00. The van der Waals surface area contributed by atoms with Gasteiger partial charge in [-0.25, -0.2) is 18.5 Å². The Hall–Kier alpha value is -1.67. The van der Waals surface area contributed by atoms with Crippen LogP contribution in [-0.4, -0.2) is 27.7 Å². The number of rotatable bonds is 3. The molecule has 0 spiro atoms. The normalized spacial score (nSPS) is 11.9. The van der Waals surface area contributed by atoms with Gasteiger partial charge in [0.2, 0.25) is 0 Å². The van der Waals surface area contributed by atoms with E-state index in [2.05, 4.69) is 10.1 Å². The molecular weight excluding hydrogens is 242 g/mol. The first-order valence-electron chi connectivity index (χ1n) is 4.90. The Kier molecular flexibility index (Phi) is 2.76. The summed E-state index contributed by atoms with van der Waals surface area (Å²) in [6.45, 7) is 2.24. The lowest BCUT2D eigenvalue weighted by molar-refractivity contribution is 0.594. The highest BCUT2D eigenvalue weighted by Gasteiger charge is 2.14. The fourth-order valence-electron chi connectivity index (χ4n) is 1.53. The van der Waals surface area contributed by atoms with Gasteiger partial charge in [0.05, 0.1) is 12.7 Å². The van der Waals surface area contributed by atoms with E-state index in [1.54, 1.807) is 22.4 Å². The largest absolute Gasteiger partial charge is 0.329 e. The van der Waals surface area contributed by atoms with E-state index >= 15 is 0 Å². The predicted octanol–water partition coefficient (Wildman–Crippen LogP) is -0.379. The Morgan fingerprint density at radius 2 is 2.12 bits per heavy atom. The molecule has 0 aliphatic heterocycles. The summed E-state index contributed by atoms with van der Waals surface area (Å²) >= 11 is 0. The molecule has 8 heteroatoms. The van der Waals surface area contributed by atoms with Crippen molar-refractivity contribution < 1.29 is 8.42 Å². The zero-order valence-electron chi connectivity index (χ0n) is 9.53. The number of nitrogens with zero attached hydrogens (tertiary/aromatic N) is 4. The average Bonchev–Trinajstić information content (AvgIpc) is 2.74. The van der Waals surface area contributed by atoms with Crippen molar-refractivity contribution in [1.29, 1.82) is 0 Å². The molecule has 0 unspecified atom stereocenters. The summed E-state index contributed by atoms with van der Waals surface area (Å²) in [6, 6.07) is 0. The van der Waals surface area contributed by atoms with Gasteiger partial charge in [-0.05, 0) is 6.92 Å². The standard InChI is InChI=1S/C9H13N5O2S/c1-7-12-9(17(10,15)16)6-14(7)5-8-3-11-13(2)4-8/h3-4,6H,5H2,1-2H3,(H2,10,15,16). The van der Waals surface area contributed by atoms with E-state index in [4.69, 9.17) is 5.14 Å². The second kappa shape index (κ2) is 3.97. The van der Waals surface area contributed by atoms with Crippen molar-refractivity contribution in [3.63, 3.8) is 0 Å². The highest BCUT2D eigenvalue weighted by Crippen LogP contribution is 2.09. The van der Waals surface area contributed by atoms with Gasteiger partial charge in [-0.2, -0.15) is 5.10 Å². The van der Waals surface area contributed by atoms with Crippen molar-refractivity contribution in [2.24, 2.45) is 12.2 Å². The molecule has 2 rings (SSSR count). The molecule has 0 saturated heterocycles. The quantitative estimate of drug-likeness (QED) is 0.808. The Bertz CT molecular complexity index is 640. The maximum atomic E-state index is 11.1. The summed E-state index contributed by atoms with van der Waals surface area (Å²) in [5, 5.41) is 8.94. The van der Waals surface area contributed by atoms with E-state index in [0.717, 1.165) is 5.56 Å². The van der Waals surface area contributed by atoms with E-state index in [0.29, 0.717) is 12.4 Å². The molecule has 2 aromatic rings. The van der Waals surface area contributed by atoms with Gasteiger partial charge in [0.25, 0.3) is 10.0 Å². The third-order valence-corrected chi connectivity index (χ3v) is 3.14. The molecule has 0 aliphatic rings. The number of nitrogens with two attached hydrogens (primary N) is 1. The number of hydrogen-bond acceptors (Lipinski definition) is 4. The highest BCUT2D eigenvalue weighted by molar-refractivity contribution is 7.89. The van der Waals surface area contributed by atoms with Crippen LogP contribution in [0.15, 0.2) is 23.6 Å². The van der Waals surface area contributed by atoms with Crippen LogP contribution < -0.4 is 5.14 Å². The number of aromatic nitrogens is 4. The Morgan fingerprint density at radius 3 is 2.59 bits per heavy atom. The molecule has 17 heavy (non-hydrogen) atoms. The van der Waals surface area contributed by atoms with Crippen molar-refractivity contribution >= 4 is 10.0 Å². The minimum Gasteiger partial charge on any atom is -0.329 e. The van der Waals surface area contributed by atoms with Gasteiger partial charge in [0, 0.05) is 25.0 Å². The van der Waals surface area contributed by atoms with Crippen LogP contribution in [0.4, 0.5) is 0 Å². The van der Waals surface area contributed by atoms with Gasteiger partial charge in [0.15, 0.2) is 5.03 Å². The molecular formula is C9H13N5O2S. The van der Waals surface area contributed by atoms with Gasteiger partial charge in [0.1, 0.15) is 5.82 Å². The zero-order chi connectivity index (χ0) is 12.6. The molecule has 0 atom stereocenters. The monoisotopic (exact) mass is 255 g/mol. The van der Waals surface area contributed by atoms with Crippen molar-refractivity contribution in [2.45, 2.75) is 18.5 Å². The third kappa shape index (κ3) is 2.53. The van der Waals surface area contributed by atoms with E-state index in [-0.39, 0.29) is 5.03 Å². The smallest absolute Gasteiger partial charge is 0.257 e. The van der Waals surface area contributed by atoms with Gasteiger partial charge in [-0.3, -0.25) is 4.68 Å². The average molecular weight is 255 g/mol. The minimum atomic E-state index is -3.74. The number of hydrogen-bond donors (Lipinski definition) is 1. The first-order valence-corrected chi connectivity index (χ1v) is 6.45. The summed E-state index contributed by atoms with van der Waals surface area (Å²) in [7, 11) is -1.92. The van der Waals surface area contributed by atoms with Crippen LogP contribution in [0.25, 0.3) is 0 Å². The minimum absolute atomic E-state index is 0.112. The predicted molar refractivity (Wildman–Crippen MR) is 60.6 cm³/mol. The van der Waals surface area contributed by atoms with Gasteiger partial charge >= 0.3 is 0 Å². The third-order valence-electron chi connectivity index (χ3n) is 2.36. The van der Waals surface area contributed by atoms with Crippen molar-refractivity contribution in [1.82, 2.24) is 19.3 Å². The van der Waals surface area contributed by atoms with Crippen LogP contribution in [0.1, 0.15) is 11.4 Å². The number of primary sulfonamides is 1. The molecule has 2 aromatic heterocycles. The SMILES string of the molecule is Cc1nc(S(N)(=O)=O)cn1Cc1cnn(C)c1. The molecule has 0 aromatic carbocycles. The Balaban J connectivity index is 2.31. The van der Waals surface area contributed by atoms with Crippen molar-refractivity contribution in [3.05, 3.63) is 30.0 Å². The fourth-order valence-corrected chi connectivity index (χ4v) is 2.06. The van der Waals surface area contributed by atoms with E-state index in [1.807, 2.05) is 13.2 Å². The molecule has 0 saturated carbocycles. The van der Waals surface area contributed by atoms with Gasteiger partial charge in [-0.1, -0.05) is 0 Å². The maximum Gasteiger partial charge on any atom is 0.257 e. The lowest BCUT2D eigenvalue weighted by atomic mass is 10.3. The zero-order valence-corrected chi connectivity index (χ0v) is 10.3.